The largest absolute Gasteiger partial charge is 0.497 e. The molecule has 0 aromatic heterocycles. The van der Waals surface area contributed by atoms with Crippen molar-refractivity contribution in [3.8, 4) is 5.75 Å². The van der Waals surface area contributed by atoms with Crippen molar-refractivity contribution < 1.29 is 14.3 Å². The summed E-state index contributed by atoms with van der Waals surface area (Å²) >= 11 is 0. The van der Waals surface area contributed by atoms with Gasteiger partial charge in [0, 0.05) is 19.6 Å². The Morgan fingerprint density at radius 3 is 2.42 bits per heavy atom. The van der Waals surface area contributed by atoms with Crippen LogP contribution in [0, 0.1) is 11.8 Å². The topological polar surface area (TPSA) is 49.9 Å². The van der Waals surface area contributed by atoms with Gasteiger partial charge in [0.15, 0.2) is 0 Å². The molecule has 2 aliphatic rings. The molecule has 1 fully saturated rings. The highest BCUT2D eigenvalue weighted by Crippen LogP contribution is 2.34. The first kappa shape index (κ1) is 18.5. The zero-order valence-corrected chi connectivity index (χ0v) is 16.1. The van der Waals surface area contributed by atoms with E-state index in [-0.39, 0.29) is 17.7 Å². The summed E-state index contributed by atoms with van der Waals surface area (Å²) < 4.78 is 5.22. The fourth-order valence-electron chi connectivity index (χ4n) is 3.80. The minimum absolute atomic E-state index is 0.149. The van der Waals surface area contributed by atoms with Crippen LogP contribution in [0.5, 0.6) is 5.75 Å². The van der Waals surface area contributed by atoms with Gasteiger partial charge in [-0.15, -0.1) is 0 Å². The third-order valence-corrected chi connectivity index (χ3v) is 5.04. The van der Waals surface area contributed by atoms with E-state index in [4.69, 9.17) is 4.74 Å². The molecule has 1 aromatic carbocycles. The summed E-state index contributed by atoms with van der Waals surface area (Å²) in [7, 11) is 1.61. The predicted molar refractivity (Wildman–Crippen MR) is 101 cm³/mol. The summed E-state index contributed by atoms with van der Waals surface area (Å²) in [6, 6.07) is 7.40. The Balaban J connectivity index is 2.04. The van der Waals surface area contributed by atoms with Gasteiger partial charge < -0.3 is 9.64 Å². The third kappa shape index (κ3) is 3.48. The second kappa shape index (κ2) is 7.52. The van der Waals surface area contributed by atoms with Crippen molar-refractivity contribution >= 4 is 17.4 Å². The molecule has 1 unspecified atom stereocenters. The van der Waals surface area contributed by atoms with Gasteiger partial charge in [-0.1, -0.05) is 32.9 Å². The Labute approximate surface area is 155 Å². The van der Waals surface area contributed by atoms with Crippen LogP contribution in [0.2, 0.25) is 0 Å². The first-order valence-corrected chi connectivity index (χ1v) is 9.42. The molecular formula is C21H28N2O3. The molecule has 1 aromatic rings. The number of imide groups is 1. The second-order valence-corrected chi connectivity index (χ2v) is 7.76. The molecule has 0 radical (unpaired) electrons. The van der Waals surface area contributed by atoms with Crippen molar-refractivity contribution in [3.05, 3.63) is 35.5 Å². The first-order chi connectivity index (χ1) is 12.4. The van der Waals surface area contributed by atoms with Crippen molar-refractivity contribution in [2.45, 2.75) is 33.6 Å². The number of likely N-dealkylation sites (tertiary alicyclic amines) is 1. The van der Waals surface area contributed by atoms with E-state index in [2.05, 4.69) is 11.8 Å². The van der Waals surface area contributed by atoms with Crippen molar-refractivity contribution in [2.75, 3.05) is 26.7 Å². The SMILES string of the molecule is COc1ccc(C2=C(N3CCCC(C)C3)C(=O)N(CC(C)C)C2=O)cc1. The summed E-state index contributed by atoms with van der Waals surface area (Å²) in [4.78, 5) is 29.8. The van der Waals surface area contributed by atoms with Crippen LogP contribution in [-0.4, -0.2) is 48.4 Å². The molecule has 0 N–H and O–H groups in total. The standard InChI is InChI=1S/C21H28N2O3/c1-14(2)12-23-20(24)18(16-7-9-17(26-4)10-8-16)19(21(23)25)22-11-5-6-15(3)13-22/h7-10,14-15H,5-6,11-13H2,1-4H3. The number of amides is 2. The molecule has 0 spiro atoms. The van der Waals surface area contributed by atoms with Crippen molar-refractivity contribution in [3.63, 3.8) is 0 Å². The maximum absolute atomic E-state index is 13.1. The van der Waals surface area contributed by atoms with Gasteiger partial charge in [0.25, 0.3) is 11.8 Å². The van der Waals surface area contributed by atoms with Gasteiger partial charge in [-0.2, -0.15) is 0 Å². The van der Waals surface area contributed by atoms with Gasteiger partial charge >= 0.3 is 0 Å². The van der Waals surface area contributed by atoms with Crippen LogP contribution in [0.15, 0.2) is 30.0 Å². The highest BCUT2D eigenvalue weighted by atomic mass is 16.5. The van der Waals surface area contributed by atoms with Crippen LogP contribution in [-0.2, 0) is 9.59 Å². The van der Waals surface area contributed by atoms with Crippen LogP contribution in [0.25, 0.3) is 5.57 Å². The fraction of sp³-hybridized carbons (Fsp3) is 0.524. The number of carbonyl (C=O) groups excluding carboxylic acids is 2. The number of nitrogens with zero attached hydrogens (tertiary/aromatic N) is 2. The summed E-state index contributed by atoms with van der Waals surface area (Å²) in [6.45, 7) is 8.34. The minimum atomic E-state index is -0.179. The normalized spacial score (nSPS) is 21.2. The summed E-state index contributed by atoms with van der Waals surface area (Å²) in [5, 5.41) is 0. The number of benzene rings is 1. The quantitative estimate of drug-likeness (QED) is 0.761. The molecule has 2 amide bonds. The average Bonchev–Trinajstić information content (AvgIpc) is 2.86. The van der Waals surface area contributed by atoms with Gasteiger partial charge in [0.2, 0.25) is 0 Å². The molecule has 5 nitrogen and oxygen atoms in total. The first-order valence-electron chi connectivity index (χ1n) is 9.42. The highest BCUT2D eigenvalue weighted by Gasteiger charge is 2.42. The molecule has 1 saturated heterocycles. The van der Waals surface area contributed by atoms with Crippen LogP contribution in [0.3, 0.4) is 0 Å². The number of carbonyl (C=O) groups is 2. The molecule has 5 heteroatoms. The van der Waals surface area contributed by atoms with Crippen molar-refractivity contribution in [1.82, 2.24) is 9.80 Å². The molecule has 1 atom stereocenters. The number of methoxy groups -OCH3 is 1. The van der Waals surface area contributed by atoms with Crippen LogP contribution in [0.1, 0.15) is 39.2 Å². The summed E-state index contributed by atoms with van der Waals surface area (Å²) in [6.07, 6.45) is 2.21. The Hall–Kier alpha value is -2.30. The Kier molecular flexibility index (Phi) is 5.35. The van der Waals surface area contributed by atoms with Crippen LogP contribution >= 0.6 is 0 Å². The van der Waals surface area contributed by atoms with E-state index in [9.17, 15) is 9.59 Å². The van der Waals surface area contributed by atoms with E-state index >= 15 is 0 Å². The molecule has 140 valence electrons. The van der Waals surface area contributed by atoms with Crippen LogP contribution < -0.4 is 4.74 Å². The lowest BCUT2D eigenvalue weighted by Gasteiger charge is -2.33. The fourth-order valence-corrected chi connectivity index (χ4v) is 3.80. The van der Waals surface area contributed by atoms with Gasteiger partial charge in [-0.3, -0.25) is 14.5 Å². The van der Waals surface area contributed by atoms with Crippen LogP contribution in [0.4, 0.5) is 0 Å². The average molecular weight is 356 g/mol. The molecule has 2 heterocycles. The zero-order chi connectivity index (χ0) is 18.8. The molecule has 3 rings (SSSR count). The summed E-state index contributed by atoms with van der Waals surface area (Å²) in [5.41, 5.74) is 1.89. The van der Waals surface area contributed by atoms with Gasteiger partial charge in [-0.25, -0.2) is 0 Å². The molecule has 0 aliphatic carbocycles. The van der Waals surface area contributed by atoms with Gasteiger partial charge in [0.05, 0.1) is 12.7 Å². The van der Waals surface area contributed by atoms with E-state index in [0.717, 1.165) is 30.8 Å². The summed E-state index contributed by atoms with van der Waals surface area (Å²) in [5.74, 6) is 1.17. The highest BCUT2D eigenvalue weighted by molar-refractivity contribution is 6.35. The molecular weight excluding hydrogens is 328 g/mol. The Morgan fingerprint density at radius 1 is 1.15 bits per heavy atom. The molecule has 0 saturated carbocycles. The Bertz CT molecular complexity index is 721. The smallest absolute Gasteiger partial charge is 0.277 e. The van der Waals surface area contributed by atoms with Gasteiger partial charge in [-0.05, 0) is 42.4 Å². The lowest BCUT2D eigenvalue weighted by molar-refractivity contribution is -0.138. The van der Waals surface area contributed by atoms with Gasteiger partial charge in [0.1, 0.15) is 11.4 Å². The van der Waals surface area contributed by atoms with E-state index < -0.39 is 0 Å². The number of rotatable bonds is 5. The van der Waals surface area contributed by atoms with Crippen molar-refractivity contribution in [1.29, 1.82) is 0 Å². The second-order valence-electron chi connectivity index (χ2n) is 7.76. The third-order valence-electron chi connectivity index (χ3n) is 5.04. The minimum Gasteiger partial charge on any atom is -0.497 e. The monoisotopic (exact) mass is 356 g/mol. The van der Waals surface area contributed by atoms with Crippen molar-refractivity contribution in [2.24, 2.45) is 11.8 Å². The van der Waals surface area contributed by atoms with E-state index in [1.807, 2.05) is 38.1 Å². The maximum atomic E-state index is 13.1. The number of hydrogen-bond acceptors (Lipinski definition) is 4. The number of hydrogen-bond donors (Lipinski definition) is 0. The zero-order valence-electron chi connectivity index (χ0n) is 16.1. The van der Waals surface area contributed by atoms with E-state index in [1.165, 1.54) is 11.3 Å². The Morgan fingerprint density at radius 2 is 1.85 bits per heavy atom. The lowest BCUT2D eigenvalue weighted by Crippen LogP contribution is -2.40. The lowest BCUT2D eigenvalue weighted by atomic mass is 9.98. The molecule has 0 bridgehead atoms. The molecule has 26 heavy (non-hydrogen) atoms. The number of ether oxygens (including phenoxy) is 1. The van der Waals surface area contributed by atoms with E-state index in [0.29, 0.717) is 23.7 Å². The van der Waals surface area contributed by atoms with E-state index in [1.54, 1.807) is 7.11 Å². The predicted octanol–water partition coefficient (Wildman–Crippen LogP) is 3.16. The molecule has 2 aliphatic heterocycles. The number of piperidine rings is 1. The maximum Gasteiger partial charge on any atom is 0.277 e.